The molecular weight excluding hydrogens is 324 g/mol. The molecule has 0 aliphatic carbocycles. The summed E-state index contributed by atoms with van der Waals surface area (Å²) >= 11 is 0. The maximum Gasteiger partial charge on any atom is 0.408 e. The van der Waals surface area contributed by atoms with Gasteiger partial charge < -0.3 is 20.1 Å². The lowest BCUT2D eigenvalue weighted by Crippen LogP contribution is -2.41. The average molecular weight is 350 g/mol. The van der Waals surface area contributed by atoms with E-state index in [1.807, 2.05) is 30.3 Å². The molecule has 1 aromatic carbocycles. The highest BCUT2D eigenvalue weighted by Gasteiger charge is 2.20. The van der Waals surface area contributed by atoms with Crippen molar-refractivity contribution in [3.8, 4) is 0 Å². The molecule has 1 aromatic rings. The molecule has 0 aliphatic heterocycles. The highest BCUT2D eigenvalue weighted by molar-refractivity contribution is 5.83. The van der Waals surface area contributed by atoms with Gasteiger partial charge in [-0.15, -0.1) is 0 Å². The van der Waals surface area contributed by atoms with Gasteiger partial charge in [-0.1, -0.05) is 30.3 Å². The van der Waals surface area contributed by atoms with Crippen molar-refractivity contribution in [2.24, 2.45) is 0 Å². The number of carbonyl (C=O) groups is 3. The van der Waals surface area contributed by atoms with E-state index in [2.05, 4.69) is 10.6 Å². The summed E-state index contributed by atoms with van der Waals surface area (Å²) in [5.74, 6) is -0.833. The Morgan fingerprint density at radius 3 is 2.32 bits per heavy atom. The second kappa shape index (κ2) is 9.66. The fourth-order valence-electron chi connectivity index (χ4n) is 2.04. The van der Waals surface area contributed by atoms with Crippen molar-refractivity contribution in [3.05, 3.63) is 35.9 Å². The predicted molar refractivity (Wildman–Crippen MR) is 92.8 cm³/mol. The first-order valence-electron chi connectivity index (χ1n) is 8.18. The van der Waals surface area contributed by atoms with Gasteiger partial charge in [-0.3, -0.25) is 9.59 Å². The molecule has 0 heterocycles. The van der Waals surface area contributed by atoms with E-state index < -0.39 is 29.6 Å². The summed E-state index contributed by atoms with van der Waals surface area (Å²) < 4.78 is 10.0. The van der Waals surface area contributed by atoms with Crippen LogP contribution in [-0.2, 0) is 19.1 Å². The van der Waals surface area contributed by atoms with Gasteiger partial charge in [0.15, 0.2) is 0 Å². The fraction of sp³-hybridized carbons (Fsp3) is 0.500. The van der Waals surface area contributed by atoms with Gasteiger partial charge in [-0.25, -0.2) is 4.79 Å². The molecule has 138 valence electrons. The van der Waals surface area contributed by atoms with Gasteiger partial charge in [0.05, 0.1) is 19.1 Å². The first-order chi connectivity index (χ1) is 11.7. The monoisotopic (exact) mass is 350 g/mol. The zero-order valence-corrected chi connectivity index (χ0v) is 15.1. The van der Waals surface area contributed by atoms with Gasteiger partial charge in [0.1, 0.15) is 12.1 Å². The minimum absolute atomic E-state index is 0.00995. The molecule has 0 radical (unpaired) electrons. The Bertz CT molecular complexity index is 581. The molecule has 2 N–H and O–H groups in total. The number of carbonyl (C=O) groups excluding carboxylic acids is 3. The molecule has 0 aliphatic rings. The topological polar surface area (TPSA) is 93.7 Å². The second-order valence-corrected chi connectivity index (χ2v) is 6.40. The Hall–Kier alpha value is -2.57. The summed E-state index contributed by atoms with van der Waals surface area (Å²) in [6.07, 6.45) is -0.667. The average Bonchev–Trinajstić information content (AvgIpc) is 2.52. The van der Waals surface area contributed by atoms with Crippen LogP contribution in [-0.4, -0.2) is 36.7 Å². The molecule has 7 heteroatoms. The van der Waals surface area contributed by atoms with Crippen molar-refractivity contribution >= 4 is 18.0 Å². The molecule has 7 nitrogen and oxygen atoms in total. The highest BCUT2D eigenvalue weighted by atomic mass is 16.6. The summed E-state index contributed by atoms with van der Waals surface area (Å²) in [4.78, 5) is 35.5. The Kier molecular flexibility index (Phi) is 7.91. The van der Waals surface area contributed by atoms with Crippen molar-refractivity contribution in [1.29, 1.82) is 0 Å². The van der Waals surface area contributed by atoms with Crippen LogP contribution in [0.1, 0.15) is 45.7 Å². The largest absolute Gasteiger partial charge is 0.466 e. The second-order valence-electron chi connectivity index (χ2n) is 6.40. The summed E-state index contributed by atoms with van der Waals surface area (Å²) in [5, 5.41) is 5.12. The molecule has 0 saturated heterocycles. The number of esters is 1. The smallest absolute Gasteiger partial charge is 0.408 e. The minimum Gasteiger partial charge on any atom is -0.466 e. The Balaban J connectivity index is 2.63. The Labute approximate surface area is 148 Å². The van der Waals surface area contributed by atoms with Crippen molar-refractivity contribution < 1.29 is 23.9 Å². The zero-order valence-electron chi connectivity index (χ0n) is 15.1. The lowest BCUT2D eigenvalue weighted by Gasteiger charge is -2.21. The van der Waals surface area contributed by atoms with E-state index >= 15 is 0 Å². The van der Waals surface area contributed by atoms with Crippen molar-refractivity contribution in [2.75, 3.05) is 13.2 Å². The fourth-order valence-corrected chi connectivity index (χ4v) is 2.04. The van der Waals surface area contributed by atoms with Crippen LogP contribution in [0.2, 0.25) is 0 Å². The van der Waals surface area contributed by atoms with E-state index in [9.17, 15) is 14.4 Å². The molecule has 1 rings (SSSR count). The Morgan fingerprint density at radius 2 is 1.76 bits per heavy atom. The third kappa shape index (κ3) is 8.74. The van der Waals surface area contributed by atoms with Crippen LogP contribution in [0.25, 0.3) is 0 Å². The van der Waals surface area contributed by atoms with E-state index in [-0.39, 0.29) is 19.6 Å². The van der Waals surface area contributed by atoms with Crippen LogP contribution in [0.4, 0.5) is 4.79 Å². The SMILES string of the molecule is CCOC(=O)CC(NC(=O)CNC(=O)OC(C)(C)C)c1ccccc1. The van der Waals surface area contributed by atoms with Crippen LogP contribution in [0.15, 0.2) is 30.3 Å². The summed E-state index contributed by atoms with van der Waals surface area (Å²) in [7, 11) is 0. The third-order valence-corrected chi connectivity index (χ3v) is 3.01. The number of nitrogens with one attached hydrogen (secondary N) is 2. The van der Waals surface area contributed by atoms with E-state index in [0.29, 0.717) is 0 Å². The molecule has 0 aromatic heterocycles. The van der Waals surface area contributed by atoms with Crippen LogP contribution in [0.5, 0.6) is 0 Å². The first kappa shape index (κ1) is 20.5. The predicted octanol–water partition coefficient (Wildman–Crippen LogP) is 2.32. The number of hydrogen-bond acceptors (Lipinski definition) is 5. The molecule has 0 fully saturated rings. The molecule has 2 amide bonds. The molecule has 1 atom stereocenters. The van der Waals surface area contributed by atoms with Crippen molar-refractivity contribution in [1.82, 2.24) is 10.6 Å². The van der Waals surface area contributed by atoms with E-state index in [1.165, 1.54) is 0 Å². The van der Waals surface area contributed by atoms with E-state index in [1.54, 1.807) is 27.7 Å². The van der Waals surface area contributed by atoms with Gasteiger partial charge in [0, 0.05) is 0 Å². The maximum atomic E-state index is 12.1. The highest BCUT2D eigenvalue weighted by Crippen LogP contribution is 2.17. The van der Waals surface area contributed by atoms with Crippen molar-refractivity contribution in [2.45, 2.75) is 45.8 Å². The quantitative estimate of drug-likeness (QED) is 0.736. The molecule has 0 bridgehead atoms. The molecular formula is C18H26N2O5. The van der Waals surface area contributed by atoms with Crippen LogP contribution in [0, 0.1) is 0 Å². The number of rotatable bonds is 7. The van der Waals surface area contributed by atoms with Gasteiger partial charge in [-0.05, 0) is 33.3 Å². The number of hydrogen-bond donors (Lipinski definition) is 2. The number of amides is 2. The normalized spacial score (nSPS) is 12.0. The van der Waals surface area contributed by atoms with Crippen molar-refractivity contribution in [3.63, 3.8) is 0 Å². The van der Waals surface area contributed by atoms with E-state index in [4.69, 9.17) is 9.47 Å². The van der Waals surface area contributed by atoms with Gasteiger partial charge >= 0.3 is 12.1 Å². The summed E-state index contributed by atoms with van der Waals surface area (Å²) in [6.45, 7) is 6.95. The van der Waals surface area contributed by atoms with Gasteiger partial charge in [0.25, 0.3) is 0 Å². The molecule has 1 unspecified atom stereocenters. The lowest BCUT2D eigenvalue weighted by atomic mass is 10.0. The first-order valence-corrected chi connectivity index (χ1v) is 8.18. The standard InChI is InChI=1S/C18H26N2O5/c1-5-24-16(22)11-14(13-9-7-6-8-10-13)20-15(21)12-19-17(23)25-18(2,3)4/h6-10,14H,5,11-12H2,1-4H3,(H,19,23)(H,20,21). The maximum absolute atomic E-state index is 12.1. The van der Waals surface area contributed by atoms with Gasteiger partial charge in [-0.2, -0.15) is 0 Å². The van der Waals surface area contributed by atoms with Crippen LogP contribution < -0.4 is 10.6 Å². The van der Waals surface area contributed by atoms with Crippen LogP contribution >= 0.6 is 0 Å². The Morgan fingerprint density at radius 1 is 1.12 bits per heavy atom. The summed E-state index contributed by atoms with van der Waals surface area (Å²) in [5.41, 5.74) is 0.137. The molecule has 0 spiro atoms. The molecule has 0 saturated carbocycles. The number of benzene rings is 1. The lowest BCUT2D eigenvalue weighted by molar-refractivity contribution is -0.143. The number of alkyl carbamates (subject to hydrolysis) is 1. The van der Waals surface area contributed by atoms with E-state index in [0.717, 1.165) is 5.56 Å². The van der Waals surface area contributed by atoms with Crippen LogP contribution in [0.3, 0.4) is 0 Å². The third-order valence-electron chi connectivity index (χ3n) is 3.01. The summed E-state index contributed by atoms with van der Waals surface area (Å²) in [6, 6.07) is 8.57. The minimum atomic E-state index is -0.677. The van der Waals surface area contributed by atoms with Gasteiger partial charge in [0.2, 0.25) is 5.91 Å². The number of ether oxygens (including phenoxy) is 2. The zero-order chi connectivity index (χ0) is 18.9. The molecule has 25 heavy (non-hydrogen) atoms.